The molecule has 1 aromatic carbocycles. The number of urea groups is 1. The van der Waals surface area contributed by atoms with Crippen molar-refractivity contribution in [1.82, 2.24) is 10.2 Å². The van der Waals surface area contributed by atoms with Gasteiger partial charge in [0.25, 0.3) is 0 Å². The molecule has 0 spiro atoms. The monoisotopic (exact) mass is 299 g/mol. The summed E-state index contributed by atoms with van der Waals surface area (Å²) in [5.41, 5.74) is 2.07. The van der Waals surface area contributed by atoms with Gasteiger partial charge in [0.2, 0.25) is 0 Å². The largest absolute Gasteiger partial charge is 0.466 e. The van der Waals surface area contributed by atoms with Crippen LogP contribution in [0.15, 0.2) is 35.5 Å². The van der Waals surface area contributed by atoms with Gasteiger partial charge in [0.05, 0.1) is 30.4 Å². The number of benzene rings is 1. The molecule has 114 valence electrons. The minimum absolute atomic E-state index is 0.278. The summed E-state index contributed by atoms with van der Waals surface area (Å²) in [6.07, 6.45) is 0. The van der Waals surface area contributed by atoms with Crippen LogP contribution in [0, 0.1) is 11.3 Å². The molecule has 0 unspecified atom stereocenters. The number of methoxy groups -OCH3 is 1. The Balaban J connectivity index is 2.57. The molecule has 6 heteroatoms. The van der Waals surface area contributed by atoms with Crippen LogP contribution in [-0.2, 0) is 9.53 Å². The molecule has 6 nitrogen and oxygen atoms in total. The van der Waals surface area contributed by atoms with E-state index in [1.165, 1.54) is 12.0 Å². The summed E-state index contributed by atoms with van der Waals surface area (Å²) in [5.74, 6) is -0.497. The van der Waals surface area contributed by atoms with Gasteiger partial charge in [0.15, 0.2) is 0 Å². The number of nitrogens with one attached hydrogen (secondary N) is 1. The first-order valence-corrected chi connectivity index (χ1v) is 6.90. The first kappa shape index (κ1) is 15.6. The van der Waals surface area contributed by atoms with Gasteiger partial charge in [-0.3, -0.25) is 4.90 Å². The van der Waals surface area contributed by atoms with E-state index < -0.39 is 12.0 Å². The molecule has 1 N–H and O–H groups in total. The molecule has 2 rings (SSSR count). The lowest BCUT2D eigenvalue weighted by Gasteiger charge is -2.34. The van der Waals surface area contributed by atoms with E-state index in [0.717, 1.165) is 0 Å². The zero-order valence-corrected chi connectivity index (χ0v) is 12.7. The molecule has 22 heavy (non-hydrogen) atoms. The molecule has 0 saturated carbocycles. The Bertz CT molecular complexity index is 688. The van der Waals surface area contributed by atoms with Crippen molar-refractivity contribution in [2.24, 2.45) is 0 Å². The van der Waals surface area contributed by atoms with Crippen LogP contribution in [0.1, 0.15) is 31.0 Å². The van der Waals surface area contributed by atoms with Crippen molar-refractivity contribution in [3.05, 3.63) is 46.7 Å². The second kappa shape index (κ2) is 6.31. The molecule has 0 radical (unpaired) electrons. The normalized spacial score (nSPS) is 17.8. The molecule has 0 bridgehead atoms. The standard InChI is InChI=1S/C16H17N3O3/c1-4-19-10(2)13(15(20)22-3)14(18-16(19)21)12-7-5-6-11(8-12)9-17/h5-8,14H,4H2,1-3H3,(H,18,21)/t14-/m0/s1. The van der Waals surface area contributed by atoms with Gasteiger partial charge in [-0.1, -0.05) is 12.1 Å². The van der Waals surface area contributed by atoms with E-state index in [0.29, 0.717) is 28.9 Å². The third-order valence-corrected chi connectivity index (χ3v) is 3.67. The third kappa shape index (κ3) is 2.66. The van der Waals surface area contributed by atoms with Gasteiger partial charge < -0.3 is 10.1 Å². The molecule has 0 aromatic heterocycles. The van der Waals surface area contributed by atoms with Crippen LogP contribution < -0.4 is 5.32 Å². The van der Waals surface area contributed by atoms with Crippen molar-refractivity contribution in [2.45, 2.75) is 19.9 Å². The van der Waals surface area contributed by atoms with Crippen molar-refractivity contribution in [2.75, 3.05) is 13.7 Å². The Labute approximate surface area is 129 Å². The van der Waals surface area contributed by atoms with Gasteiger partial charge in [-0.05, 0) is 31.5 Å². The highest BCUT2D eigenvalue weighted by molar-refractivity contribution is 5.95. The molecule has 0 fully saturated rings. The Kier molecular flexibility index (Phi) is 4.47. The van der Waals surface area contributed by atoms with Crippen molar-refractivity contribution >= 4 is 12.0 Å². The Morgan fingerprint density at radius 1 is 1.50 bits per heavy atom. The third-order valence-electron chi connectivity index (χ3n) is 3.67. The number of allylic oxidation sites excluding steroid dienone is 1. The lowest BCUT2D eigenvalue weighted by atomic mass is 9.94. The number of carbonyl (C=O) groups excluding carboxylic acids is 2. The smallest absolute Gasteiger partial charge is 0.337 e. The van der Waals surface area contributed by atoms with Gasteiger partial charge in [-0.2, -0.15) is 5.26 Å². The zero-order valence-electron chi connectivity index (χ0n) is 12.7. The first-order chi connectivity index (χ1) is 10.5. The lowest BCUT2D eigenvalue weighted by Crippen LogP contribution is -2.47. The molecule has 1 heterocycles. The number of amides is 2. The quantitative estimate of drug-likeness (QED) is 0.866. The van der Waals surface area contributed by atoms with Crippen molar-refractivity contribution in [3.8, 4) is 6.07 Å². The van der Waals surface area contributed by atoms with Gasteiger partial charge in [0, 0.05) is 12.2 Å². The summed E-state index contributed by atoms with van der Waals surface area (Å²) in [7, 11) is 1.30. The Morgan fingerprint density at radius 2 is 2.23 bits per heavy atom. The van der Waals surface area contributed by atoms with Gasteiger partial charge >= 0.3 is 12.0 Å². The maximum Gasteiger partial charge on any atom is 0.337 e. The number of hydrogen-bond acceptors (Lipinski definition) is 4. The molecular formula is C16H17N3O3. The molecule has 1 aromatic rings. The fraction of sp³-hybridized carbons (Fsp3) is 0.312. The fourth-order valence-electron chi connectivity index (χ4n) is 2.57. The van der Waals surface area contributed by atoms with Crippen molar-refractivity contribution < 1.29 is 14.3 Å². The molecule has 0 aliphatic carbocycles. The van der Waals surface area contributed by atoms with E-state index in [-0.39, 0.29) is 6.03 Å². The van der Waals surface area contributed by atoms with E-state index >= 15 is 0 Å². The van der Waals surface area contributed by atoms with E-state index in [4.69, 9.17) is 10.00 Å². The molecule has 1 atom stereocenters. The summed E-state index contributed by atoms with van der Waals surface area (Å²) in [4.78, 5) is 25.8. The summed E-state index contributed by atoms with van der Waals surface area (Å²) in [6, 6.07) is 7.95. The molecule has 0 saturated heterocycles. The minimum Gasteiger partial charge on any atom is -0.466 e. The van der Waals surface area contributed by atoms with Gasteiger partial charge in [-0.25, -0.2) is 9.59 Å². The number of carbonyl (C=O) groups is 2. The summed E-state index contributed by atoms with van der Waals surface area (Å²) in [6.45, 7) is 3.99. The highest BCUT2D eigenvalue weighted by Crippen LogP contribution is 2.31. The van der Waals surface area contributed by atoms with Gasteiger partial charge in [0.1, 0.15) is 0 Å². The van der Waals surface area contributed by atoms with Crippen LogP contribution in [0.2, 0.25) is 0 Å². The highest BCUT2D eigenvalue weighted by atomic mass is 16.5. The maximum absolute atomic E-state index is 12.2. The molecular weight excluding hydrogens is 282 g/mol. The number of nitriles is 1. The lowest BCUT2D eigenvalue weighted by molar-refractivity contribution is -0.136. The van der Waals surface area contributed by atoms with E-state index in [1.54, 1.807) is 31.2 Å². The van der Waals surface area contributed by atoms with Crippen LogP contribution in [0.25, 0.3) is 0 Å². The van der Waals surface area contributed by atoms with E-state index in [9.17, 15) is 9.59 Å². The van der Waals surface area contributed by atoms with E-state index in [1.807, 2.05) is 6.92 Å². The number of nitrogens with zero attached hydrogens (tertiary/aromatic N) is 2. The fourth-order valence-corrected chi connectivity index (χ4v) is 2.57. The topological polar surface area (TPSA) is 82.4 Å². The van der Waals surface area contributed by atoms with Crippen LogP contribution in [0.3, 0.4) is 0 Å². The predicted octanol–water partition coefficient (Wildman–Crippen LogP) is 2.09. The number of hydrogen-bond donors (Lipinski definition) is 1. The highest BCUT2D eigenvalue weighted by Gasteiger charge is 2.35. The molecule has 1 aliphatic rings. The van der Waals surface area contributed by atoms with Crippen LogP contribution >= 0.6 is 0 Å². The predicted molar refractivity (Wildman–Crippen MR) is 79.5 cm³/mol. The zero-order chi connectivity index (χ0) is 16.3. The first-order valence-electron chi connectivity index (χ1n) is 6.90. The van der Waals surface area contributed by atoms with Crippen LogP contribution in [0.4, 0.5) is 4.79 Å². The second-order valence-corrected chi connectivity index (χ2v) is 4.85. The average Bonchev–Trinajstić information content (AvgIpc) is 2.54. The SMILES string of the molecule is CCN1C(=O)N[C@@H](c2cccc(C#N)c2)C(C(=O)OC)=C1C. The van der Waals surface area contributed by atoms with Crippen LogP contribution in [-0.4, -0.2) is 30.6 Å². The number of esters is 1. The average molecular weight is 299 g/mol. The number of ether oxygens (including phenoxy) is 1. The van der Waals surface area contributed by atoms with Gasteiger partial charge in [-0.15, -0.1) is 0 Å². The minimum atomic E-state index is -0.629. The second-order valence-electron chi connectivity index (χ2n) is 4.85. The number of rotatable bonds is 3. The molecule has 2 amide bonds. The summed E-state index contributed by atoms with van der Waals surface area (Å²) >= 11 is 0. The Morgan fingerprint density at radius 3 is 2.82 bits per heavy atom. The van der Waals surface area contributed by atoms with Crippen molar-refractivity contribution in [3.63, 3.8) is 0 Å². The summed E-state index contributed by atoms with van der Waals surface area (Å²) in [5, 5.41) is 11.8. The Hall–Kier alpha value is -2.81. The maximum atomic E-state index is 12.2. The van der Waals surface area contributed by atoms with E-state index in [2.05, 4.69) is 11.4 Å². The molecule has 1 aliphatic heterocycles. The summed E-state index contributed by atoms with van der Waals surface area (Å²) < 4.78 is 4.86. The van der Waals surface area contributed by atoms with Crippen LogP contribution in [0.5, 0.6) is 0 Å². The van der Waals surface area contributed by atoms with Crippen molar-refractivity contribution in [1.29, 1.82) is 5.26 Å².